The number of hydrogen-bond acceptors (Lipinski definition) is 3. The highest BCUT2D eigenvalue weighted by atomic mass is 16.5. The van der Waals surface area contributed by atoms with Gasteiger partial charge < -0.3 is 9.47 Å². The standard InChI is InChI=1S/C16H16O3/c1-18-13-8-9-16(19-2)14(11-13)15(17)10-12-6-4-3-5-7-12/h3-9,11H,10H2,1-2H3. The Bertz CT molecular complexity index is 561. The van der Waals surface area contributed by atoms with Gasteiger partial charge in [-0.05, 0) is 23.8 Å². The van der Waals surface area contributed by atoms with Crippen LogP contribution in [0.2, 0.25) is 0 Å². The van der Waals surface area contributed by atoms with Crippen molar-refractivity contribution in [2.24, 2.45) is 0 Å². The summed E-state index contributed by atoms with van der Waals surface area (Å²) in [5.41, 5.74) is 1.53. The molecule has 98 valence electrons. The van der Waals surface area contributed by atoms with Gasteiger partial charge in [-0.15, -0.1) is 0 Å². The van der Waals surface area contributed by atoms with Crippen LogP contribution in [0.3, 0.4) is 0 Å². The van der Waals surface area contributed by atoms with Gasteiger partial charge in [0.05, 0.1) is 19.8 Å². The van der Waals surface area contributed by atoms with E-state index in [-0.39, 0.29) is 5.78 Å². The van der Waals surface area contributed by atoms with E-state index in [9.17, 15) is 4.79 Å². The summed E-state index contributed by atoms with van der Waals surface area (Å²) in [5, 5.41) is 0. The molecule has 19 heavy (non-hydrogen) atoms. The van der Waals surface area contributed by atoms with Crippen LogP contribution in [0.15, 0.2) is 48.5 Å². The van der Waals surface area contributed by atoms with Gasteiger partial charge >= 0.3 is 0 Å². The van der Waals surface area contributed by atoms with Gasteiger partial charge in [0, 0.05) is 6.42 Å². The Hall–Kier alpha value is -2.29. The van der Waals surface area contributed by atoms with Crippen LogP contribution in [0.25, 0.3) is 0 Å². The molecular weight excluding hydrogens is 240 g/mol. The lowest BCUT2D eigenvalue weighted by atomic mass is 10.0. The van der Waals surface area contributed by atoms with Gasteiger partial charge in [-0.3, -0.25) is 4.79 Å². The monoisotopic (exact) mass is 256 g/mol. The molecule has 0 aliphatic heterocycles. The Balaban J connectivity index is 2.27. The number of Topliss-reactive ketones (excluding diaryl/α,β-unsaturated/α-hetero) is 1. The van der Waals surface area contributed by atoms with Crippen LogP contribution < -0.4 is 9.47 Å². The van der Waals surface area contributed by atoms with Crippen molar-refractivity contribution in [3.8, 4) is 11.5 Å². The van der Waals surface area contributed by atoms with E-state index < -0.39 is 0 Å². The SMILES string of the molecule is COc1ccc(OC)c(C(=O)Cc2ccccc2)c1. The molecular formula is C16H16O3. The number of carbonyl (C=O) groups is 1. The highest BCUT2D eigenvalue weighted by molar-refractivity contribution is 6.00. The number of ketones is 1. The van der Waals surface area contributed by atoms with Crippen molar-refractivity contribution in [3.63, 3.8) is 0 Å². The zero-order valence-electron chi connectivity index (χ0n) is 11.1. The molecule has 3 heteroatoms. The zero-order valence-corrected chi connectivity index (χ0v) is 11.1. The van der Waals surface area contributed by atoms with E-state index in [1.807, 2.05) is 30.3 Å². The molecule has 0 bridgehead atoms. The average molecular weight is 256 g/mol. The van der Waals surface area contributed by atoms with Crippen molar-refractivity contribution in [3.05, 3.63) is 59.7 Å². The summed E-state index contributed by atoms with van der Waals surface area (Å²) in [5.74, 6) is 1.24. The van der Waals surface area contributed by atoms with Gasteiger partial charge in [0.15, 0.2) is 5.78 Å². The van der Waals surface area contributed by atoms with E-state index in [0.717, 1.165) is 5.56 Å². The summed E-state index contributed by atoms with van der Waals surface area (Å²) >= 11 is 0. The second-order valence-electron chi connectivity index (χ2n) is 4.15. The smallest absolute Gasteiger partial charge is 0.171 e. The number of benzene rings is 2. The largest absolute Gasteiger partial charge is 0.497 e. The Morgan fingerprint density at radius 2 is 1.74 bits per heavy atom. The van der Waals surface area contributed by atoms with E-state index >= 15 is 0 Å². The molecule has 2 rings (SSSR count). The van der Waals surface area contributed by atoms with Crippen molar-refractivity contribution < 1.29 is 14.3 Å². The van der Waals surface area contributed by atoms with E-state index in [1.54, 1.807) is 32.4 Å². The minimum Gasteiger partial charge on any atom is -0.497 e. The fourth-order valence-corrected chi connectivity index (χ4v) is 1.91. The molecule has 3 nitrogen and oxygen atoms in total. The Labute approximate surface area is 112 Å². The van der Waals surface area contributed by atoms with Crippen molar-refractivity contribution in [1.82, 2.24) is 0 Å². The van der Waals surface area contributed by atoms with Crippen LogP contribution >= 0.6 is 0 Å². The van der Waals surface area contributed by atoms with Crippen LogP contribution in [0.1, 0.15) is 15.9 Å². The number of methoxy groups -OCH3 is 2. The van der Waals surface area contributed by atoms with Crippen LogP contribution in [-0.2, 0) is 6.42 Å². The Kier molecular flexibility index (Phi) is 4.18. The van der Waals surface area contributed by atoms with Crippen LogP contribution in [0.4, 0.5) is 0 Å². The van der Waals surface area contributed by atoms with Crippen molar-refractivity contribution in [2.45, 2.75) is 6.42 Å². The molecule has 0 radical (unpaired) electrons. The normalized spacial score (nSPS) is 10.0. The predicted molar refractivity (Wildman–Crippen MR) is 74.0 cm³/mol. The number of ether oxygens (including phenoxy) is 2. The maximum Gasteiger partial charge on any atom is 0.171 e. The van der Waals surface area contributed by atoms with Crippen molar-refractivity contribution >= 4 is 5.78 Å². The van der Waals surface area contributed by atoms with Gasteiger partial charge in [0.25, 0.3) is 0 Å². The fraction of sp³-hybridized carbons (Fsp3) is 0.188. The molecule has 0 saturated carbocycles. The summed E-state index contributed by atoms with van der Waals surface area (Å²) in [6, 6.07) is 14.9. The first-order valence-corrected chi connectivity index (χ1v) is 6.03. The molecule has 0 aromatic heterocycles. The summed E-state index contributed by atoms with van der Waals surface area (Å²) < 4.78 is 10.4. The third-order valence-electron chi connectivity index (χ3n) is 2.91. The Morgan fingerprint density at radius 3 is 2.37 bits per heavy atom. The summed E-state index contributed by atoms with van der Waals surface area (Å²) in [6.07, 6.45) is 0.352. The van der Waals surface area contributed by atoms with Gasteiger partial charge in [0.1, 0.15) is 11.5 Å². The lowest BCUT2D eigenvalue weighted by molar-refractivity contribution is 0.0989. The molecule has 0 amide bonds. The fourth-order valence-electron chi connectivity index (χ4n) is 1.91. The first-order chi connectivity index (χ1) is 9.24. The van der Waals surface area contributed by atoms with Gasteiger partial charge in [0.2, 0.25) is 0 Å². The topological polar surface area (TPSA) is 35.5 Å². The molecule has 2 aromatic rings. The van der Waals surface area contributed by atoms with Crippen LogP contribution in [0, 0.1) is 0 Å². The van der Waals surface area contributed by atoms with Gasteiger partial charge in [-0.25, -0.2) is 0 Å². The quantitative estimate of drug-likeness (QED) is 0.771. The molecule has 2 aromatic carbocycles. The van der Waals surface area contributed by atoms with Crippen LogP contribution in [0.5, 0.6) is 11.5 Å². The molecule has 0 saturated heterocycles. The second-order valence-corrected chi connectivity index (χ2v) is 4.15. The molecule has 0 aliphatic carbocycles. The summed E-state index contributed by atoms with van der Waals surface area (Å²) in [7, 11) is 3.13. The summed E-state index contributed by atoms with van der Waals surface area (Å²) in [6.45, 7) is 0. The summed E-state index contributed by atoms with van der Waals surface area (Å²) in [4.78, 5) is 12.3. The Morgan fingerprint density at radius 1 is 1.00 bits per heavy atom. The number of rotatable bonds is 5. The third kappa shape index (κ3) is 3.13. The highest BCUT2D eigenvalue weighted by Crippen LogP contribution is 2.25. The van der Waals surface area contributed by atoms with Crippen LogP contribution in [-0.4, -0.2) is 20.0 Å². The molecule has 0 atom stereocenters. The molecule has 0 unspecified atom stereocenters. The molecule has 0 heterocycles. The molecule has 0 N–H and O–H groups in total. The second kappa shape index (κ2) is 6.05. The molecule has 0 spiro atoms. The van der Waals surface area contributed by atoms with E-state index in [2.05, 4.69) is 0 Å². The maximum absolute atomic E-state index is 12.3. The molecule has 0 fully saturated rings. The third-order valence-corrected chi connectivity index (χ3v) is 2.91. The first kappa shape index (κ1) is 13.1. The highest BCUT2D eigenvalue weighted by Gasteiger charge is 2.14. The first-order valence-electron chi connectivity index (χ1n) is 6.03. The van der Waals surface area contributed by atoms with E-state index in [0.29, 0.717) is 23.5 Å². The number of hydrogen-bond donors (Lipinski definition) is 0. The minimum atomic E-state index is 0.0157. The van der Waals surface area contributed by atoms with Crippen molar-refractivity contribution in [2.75, 3.05) is 14.2 Å². The average Bonchev–Trinajstić information content (AvgIpc) is 2.47. The van der Waals surface area contributed by atoms with Gasteiger partial charge in [-0.2, -0.15) is 0 Å². The zero-order chi connectivity index (χ0) is 13.7. The van der Waals surface area contributed by atoms with E-state index in [1.165, 1.54) is 0 Å². The minimum absolute atomic E-state index is 0.0157. The maximum atomic E-state index is 12.3. The molecule has 0 aliphatic rings. The van der Waals surface area contributed by atoms with Crippen molar-refractivity contribution in [1.29, 1.82) is 0 Å². The number of carbonyl (C=O) groups excluding carboxylic acids is 1. The lowest BCUT2D eigenvalue weighted by Crippen LogP contribution is -2.06. The predicted octanol–water partition coefficient (Wildman–Crippen LogP) is 3.13. The lowest BCUT2D eigenvalue weighted by Gasteiger charge is -2.09. The van der Waals surface area contributed by atoms with E-state index in [4.69, 9.17) is 9.47 Å². The van der Waals surface area contributed by atoms with Gasteiger partial charge in [-0.1, -0.05) is 30.3 Å².